The van der Waals surface area contributed by atoms with E-state index in [0.717, 1.165) is 0 Å². The number of halogens is 8. The molecule has 0 radical (unpaired) electrons. The number of amides is 2. The summed E-state index contributed by atoms with van der Waals surface area (Å²) in [5, 5.41) is 16.8. The first-order valence-electron chi connectivity index (χ1n) is 25.2. The Morgan fingerprint density at radius 2 is 1.01 bits per heavy atom. The minimum absolute atomic E-state index is 0.0472. The molecule has 26 heteroatoms. The lowest BCUT2D eigenvalue weighted by Gasteiger charge is -2.23. The normalized spacial score (nSPS) is 15.4. The first kappa shape index (κ1) is 54.9. The van der Waals surface area contributed by atoms with Gasteiger partial charge in [-0.05, 0) is 87.4 Å². The Kier molecular flexibility index (Phi) is 14.4. The third-order valence-corrected chi connectivity index (χ3v) is 13.9. The maximum atomic E-state index is 14.3. The van der Waals surface area contributed by atoms with E-state index in [4.69, 9.17) is 4.74 Å². The van der Waals surface area contributed by atoms with E-state index in [1.807, 2.05) is 0 Å². The van der Waals surface area contributed by atoms with Crippen molar-refractivity contribution in [2.45, 2.75) is 51.2 Å². The minimum Gasteiger partial charge on any atom is -0.381 e. The van der Waals surface area contributed by atoms with Gasteiger partial charge in [-0.1, -0.05) is 0 Å². The first-order valence-corrected chi connectivity index (χ1v) is 25.2. The van der Waals surface area contributed by atoms with Crippen LogP contribution in [0.25, 0.3) is 44.8 Å². The van der Waals surface area contributed by atoms with Gasteiger partial charge < -0.3 is 40.4 Å². The van der Waals surface area contributed by atoms with Crippen LogP contribution in [0, 0.1) is 46.5 Å². The van der Waals surface area contributed by atoms with E-state index in [-0.39, 0.29) is 57.8 Å². The number of hydrogen-bond donors (Lipinski definition) is 7. The van der Waals surface area contributed by atoms with Crippen molar-refractivity contribution in [2.24, 2.45) is 0 Å². The fourth-order valence-electron chi connectivity index (χ4n) is 10.2. The standard InChI is InChI=1S/C29H22F4N6O3.C28H20F4N6O3/c1-13(8-17-24(32)18(30)11-19(31)25(17)33)36-20-5-7-35-27(40)23(20)26-37-21-9-15-16(10-22(21)38-26)29(42-2)39(28(15)41)14-4-3-6-34-12-14;1-12(7-16-23(31)17(29)10-18(30)24(16)32)35-19-4-6-34-26(39)22(19)25-36-20-8-14-15(9-21(20)37-25)28(41)38(27(14)40)13-3-2-5-33-11-13/h3-7,9-13,29H,8H2,1-2H3,(H,37,38)(H2,35,36,40);2-6,8-12,27,40H,7H2,1H3,(H,36,37)(H2,34,35,39)/t13-,29?;12-,27?/m00/s1. The highest BCUT2D eigenvalue weighted by molar-refractivity contribution is 6.13. The van der Waals surface area contributed by atoms with Gasteiger partial charge >= 0.3 is 0 Å². The molecule has 422 valence electrons. The van der Waals surface area contributed by atoms with Crippen molar-refractivity contribution >= 4 is 56.6 Å². The number of aliphatic hydroxyl groups is 1. The lowest BCUT2D eigenvalue weighted by molar-refractivity contribution is 0.0822. The van der Waals surface area contributed by atoms with Crippen molar-refractivity contribution in [1.29, 1.82) is 0 Å². The highest BCUT2D eigenvalue weighted by Crippen LogP contribution is 2.41. The lowest BCUT2D eigenvalue weighted by Crippen LogP contribution is -2.28. The summed E-state index contributed by atoms with van der Waals surface area (Å²) < 4.78 is 117. The van der Waals surface area contributed by atoms with Crippen LogP contribution in [-0.4, -0.2) is 76.0 Å². The lowest BCUT2D eigenvalue weighted by atomic mass is 10.0. The molecule has 2 aliphatic rings. The van der Waals surface area contributed by atoms with Crippen LogP contribution in [0.4, 0.5) is 57.9 Å². The number of aromatic amines is 4. The van der Waals surface area contributed by atoms with Crippen molar-refractivity contribution in [3.8, 4) is 22.8 Å². The van der Waals surface area contributed by atoms with Gasteiger partial charge in [0, 0.05) is 78.4 Å². The molecule has 2 amide bonds. The molecule has 18 nitrogen and oxygen atoms in total. The van der Waals surface area contributed by atoms with Gasteiger partial charge in [-0.3, -0.25) is 38.9 Å². The van der Waals surface area contributed by atoms with E-state index < -0.39 is 112 Å². The Morgan fingerprint density at radius 3 is 1.45 bits per heavy atom. The number of carbonyl (C=O) groups is 2. The fraction of sp³-hybridized carbons (Fsp3) is 0.158. The van der Waals surface area contributed by atoms with Crippen LogP contribution in [0.5, 0.6) is 0 Å². The molecule has 0 bridgehead atoms. The van der Waals surface area contributed by atoms with E-state index >= 15 is 0 Å². The Hall–Kier alpha value is -10.1. The third-order valence-electron chi connectivity index (χ3n) is 13.9. The van der Waals surface area contributed by atoms with Crippen molar-refractivity contribution in [3.63, 3.8) is 0 Å². The SMILES string of the molecule is COC1c2cc3[nH]c(-c4c(N[C@@H](C)Cc5c(F)c(F)cc(F)c5F)cc[nH]c4=O)nc3cc2C(=O)N1c1cccnc1.C[C@@H](Cc1c(F)c(F)cc(F)c1F)Nc1cc[nH]c(=O)c1-c1nc2cc3c(cc2[nH]1)C(O)N(c1cccnc1)C3=O. The smallest absolute Gasteiger partial charge is 0.261 e. The zero-order valence-corrected chi connectivity index (χ0v) is 43.3. The maximum Gasteiger partial charge on any atom is 0.261 e. The number of pyridine rings is 4. The van der Waals surface area contributed by atoms with Crippen LogP contribution < -0.4 is 31.6 Å². The number of nitrogens with zero attached hydrogens (tertiary/aromatic N) is 6. The molecule has 4 atom stereocenters. The molecule has 2 unspecified atom stereocenters. The molecule has 2 aliphatic heterocycles. The molecular weight excluding hydrogens is 1100 g/mol. The first-order chi connectivity index (χ1) is 39.8. The van der Waals surface area contributed by atoms with Crippen LogP contribution >= 0.6 is 0 Å². The number of methoxy groups -OCH3 is 1. The predicted octanol–water partition coefficient (Wildman–Crippen LogP) is 9.78. The van der Waals surface area contributed by atoms with Gasteiger partial charge in [0.2, 0.25) is 0 Å². The summed E-state index contributed by atoms with van der Waals surface area (Å²) in [5.74, 6) is -12.5. The van der Waals surface area contributed by atoms with Gasteiger partial charge in [0.1, 0.15) is 22.8 Å². The minimum atomic E-state index is -1.51. The second-order valence-corrected chi connectivity index (χ2v) is 19.4. The van der Waals surface area contributed by atoms with Gasteiger partial charge in [-0.15, -0.1) is 0 Å². The summed E-state index contributed by atoms with van der Waals surface area (Å²) in [4.78, 5) is 83.4. The Bertz CT molecular complexity index is 4300. The van der Waals surface area contributed by atoms with Crippen molar-refractivity contribution in [1.82, 2.24) is 39.9 Å². The Morgan fingerprint density at radius 1 is 0.590 bits per heavy atom. The summed E-state index contributed by atoms with van der Waals surface area (Å²) in [6, 6.07) is 14.9. The summed E-state index contributed by atoms with van der Waals surface area (Å²) in [6.45, 7) is 3.07. The number of hydrogen-bond acceptors (Lipinski definition) is 12. The van der Waals surface area contributed by atoms with Crippen LogP contribution in [0.1, 0.15) is 69.3 Å². The molecule has 6 aromatic heterocycles. The quantitative estimate of drug-likeness (QED) is 0.0422. The van der Waals surface area contributed by atoms with Crippen LogP contribution in [0.3, 0.4) is 0 Å². The molecule has 4 aromatic carbocycles. The van der Waals surface area contributed by atoms with Gasteiger partial charge in [-0.2, -0.15) is 0 Å². The summed E-state index contributed by atoms with van der Waals surface area (Å²) in [6.07, 6.45) is 6.04. The number of carbonyl (C=O) groups excluding carboxylic acids is 2. The van der Waals surface area contributed by atoms with Crippen molar-refractivity contribution in [2.75, 3.05) is 27.5 Å². The fourth-order valence-corrected chi connectivity index (χ4v) is 10.2. The van der Waals surface area contributed by atoms with Gasteiger partial charge in [0.25, 0.3) is 22.9 Å². The monoisotopic (exact) mass is 1140 g/mol. The molecule has 0 fully saturated rings. The van der Waals surface area contributed by atoms with Crippen molar-refractivity contribution < 1.29 is 54.6 Å². The maximum absolute atomic E-state index is 14.3. The number of ether oxygens (including phenoxy) is 1. The van der Waals surface area contributed by atoms with E-state index in [2.05, 4.69) is 50.5 Å². The Labute approximate surface area is 461 Å². The third kappa shape index (κ3) is 9.96. The van der Waals surface area contributed by atoms with Crippen LogP contribution in [-0.2, 0) is 17.6 Å². The molecule has 0 aliphatic carbocycles. The Balaban J connectivity index is 0.000000174. The van der Waals surface area contributed by atoms with E-state index in [1.165, 1.54) is 60.6 Å². The molecule has 12 rings (SSSR count). The van der Waals surface area contributed by atoms with Crippen LogP contribution in [0.2, 0.25) is 0 Å². The van der Waals surface area contributed by atoms with Gasteiger partial charge in [0.05, 0.1) is 68.3 Å². The van der Waals surface area contributed by atoms with E-state index in [0.29, 0.717) is 50.1 Å². The average Bonchev–Trinajstić information content (AvgIpc) is 2.43. The highest BCUT2D eigenvalue weighted by atomic mass is 19.2. The zero-order chi connectivity index (χ0) is 58.7. The molecule has 0 saturated carbocycles. The van der Waals surface area contributed by atoms with Gasteiger partial charge in [-0.25, -0.2) is 45.1 Å². The highest BCUT2D eigenvalue weighted by Gasteiger charge is 2.40. The number of H-pyrrole nitrogens is 4. The number of aromatic nitrogens is 8. The molecule has 10 aromatic rings. The largest absolute Gasteiger partial charge is 0.381 e. The number of aliphatic hydroxyl groups excluding tert-OH is 1. The molecule has 0 spiro atoms. The van der Waals surface area contributed by atoms with Gasteiger partial charge in [0.15, 0.2) is 59.0 Å². The number of imidazole rings is 2. The second-order valence-electron chi connectivity index (χ2n) is 19.4. The number of benzene rings is 4. The van der Waals surface area contributed by atoms with Crippen LogP contribution in [0.15, 0.2) is 120 Å². The summed E-state index contributed by atoms with van der Waals surface area (Å²) in [5.41, 5.74) is 2.21. The molecule has 0 saturated heterocycles. The topological polar surface area (TPSA) is 243 Å². The van der Waals surface area contributed by atoms with E-state index in [9.17, 15) is 59.4 Å². The molecule has 7 N–H and O–H groups in total. The number of rotatable bonds is 13. The predicted molar refractivity (Wildman–Crippen MR) is 287 cm³/mol. The average molecular weight is 1140 g/mol. The van der Waals surface area contributed by atoms with E-state index in [1.54, 1.807) is 68.0 Å². The number of fused-ring (bicyclic) bond motifs is 4. The molecular formula is C57H42F8N12O6. The zero-order valence-electron chi connectivity index (χ0n) is 43.3. The molecule has 8 heterocycles. The summed E-state index contributed by atoms with van der Waals surface area (Å²) in [7, 11) is 1.48. The number of anilines is 4. The second kappa shape index (κ2) is 21.8. The molecule has 83 heavy (non-hydrogen) atoms. The number of nitrogens with one attached hydrogen (secondary N) is 6. The summed E-state index contributed by atoms with van der Waals surface area (Å²) >= 11 is 0. The van der Waals surface area contributed by atoms with Crippen molar-refractivity contribution in [3.05, 3.63) is 211 Å².